The second-order valence-corrected chi connectivity index (χ2v) is 10.9. The van der Waals surface area contributed by atoms with Crippen LogP contribution >= 0.6 is 11.3 Å². The van der Waals surface area contributed by atoms with Gasteiger partial charge in [-0.2, -0.15) is 0 Å². The zero-order chi connectivity index (χ0) is 23.9. The third-order valence-corrected chi connectivity index (χ3v) is 7.29. The Morgan fingerprint density at radius 3 is 2.56 bits per heavy atom. The van der Waals surface area contributed by atoms with Gasteiger partial charge in [0.2, 0.25) is 0 Å². The summed E-state index contributed by atoms with van der Waals surface area (Å²) < 4.78 is 7.30. The standard InChI is InChI=1S/C29H30N2O2S/c1-29(2,3)22-13-10-21(11-14-22)26-24(30-28-31(27(26)32)16-17-34-28)15-12-20-6-5-7-25(33-4)23(20)18-19-8-9-19/h5-7,10-17,19H,8-9,18H2,1-4H3/b15-12+. The summed E-state index contributed by atoms with van der Waals surface area (Å²) >= 11 is 1.47. The molecule has 4 nitrogen and oxygen atoms in total. The minimum atomic E-state index is -0.0433. The van der Waals surface area contributed by atoms with E-state index in [0.717, 1.165) is 29.2 Å². The van der Waals surface area contributed by atoms with Gasteiger partial charge >= 0.3 is 0 Å². The Balaban J connectivity index is 1.62. The molecule has 0 unspecified atom stereocenters. The summed E-state index contributed by atoms with van der Waals surface area (Å²) in [5, 5.41) is 1.90. The maximum atomic E-state index is 13.5. The van der Waals surface area contributed by atoms with Gasteiger partial charge in [0.25, 0.3) is 5.56 Å². The topological polar surface area (TPSA) is 43.6 Å². The third kappa shape index (κ3) is 4.45. The number of nitrogens with zero attached hydrogens (tertiary/aromatic N) is 2. The average molecular weight is 471 g/mol. The molecular weight excluding hydrogens is 440 g/mol. The van der Waals surface area contributed by atoms with Crippen LogP contribution in [0.3, 0.4) is 0 Å². The minimum Gasteiger partial charge on any atom is -0.496 e. The largest absolute Gasteiger partial charge is 0.496 e. The van der Waals surface area contributed by atoms with Crippen LogP contribution in [0.25, 0.3) is 28.2 Å². The number of thiazole rings is 1. The monoisotopic (exact) mass is 470 g/mol. The Morgan fingerprint density at radius 1 is 1.12 bits per heavy atom. The van der Waals surface area contributed by atoms with E-state index in [1.165, 1.54) is 35.3 Å². The fourth-order valence-electron chi connectivity index (χ4n) is 4.35. The van der Waals surface area contributed by atoms with E-state index in [9.17, 15) is 4.79 Å². The number of methoxy groups -OCH3 is 1. The zero-order valence-electron chi connectivity index (χ0n) is 20.2. The van der Waals surface area contributed by atoms with Gasteiger partial charge in [-0.3, -0.25) is 9.20 Å². The van der Waals surface area contributed by atoms with Gasteiger partial charge in [0.15, 0.2) is 4.96 Å². The normalized spacial score (nSPS) is 14.2. The van der Waals surface area contributed by atoms with E-state index in [-0.39, 0.29) is 11.0 Å². The van der Waals surface area contributed by atoms with E-state index in [1.54, 1.807) is 17.7 Å². The lowest BCUT2D eigenvalue weighted by molar-refractivity contribution is 0.408. The SMILES string of the molecule is COc1cccc(/C=C/c2nc3sccn3c(=O)c2-c2ccc(C(C)(C)C)cc2)c1CC1CC1. The molecule has 0 atom stereocenters. The van der Waals surface area contributed by atoms with Crippen molar-refractivity contribution in [3.05, 3.63) is 86.8 Å². The van der Waals surface area contributed by atoms with Gasteiger partial charge < -0.3 is 4.74 Å². The highest BCUT2D eigenvalue weighted by Gasteiger charge is 2.24. The molecule has 2 aromatic carbocycles. The molecule has 4 aromatic rings. The van der Waals surface area contributed by atoms with Crippen LogP contribution in [-0.4, -0.2) is 16.5 Å². The summed E-state index contributed by atoms with van der Waals surface area (Å²) in [6, 6.07) is 14.5. The van der Waals surface area contributed by atoms with Crippen LogP contribution in [0.1, 0.15) is 56.0 Å². The molecule has 0 radical (unpaired) electrons. The van der Waals surface area contributed by atoms with Crippen LogP contribution in [-0.2, 0) is 11.8 Å². The van der Waals surface area contributed by atoms with Gasteiger partial charge in [-0.25, -0.2) is 4.98 Å². The lowest BCUT2D eigenvalue weighted by Crippen LogP contribution is -2.17. The van der Waals surface area contributed by atoms with Gasteiger partial charge in [0, 0.05) is 17.1 Å². The van der Waals surface area contributed by atoms with Crippen LogP contribution in [0.15, 0.2) is 58.8 Å². The summed E-state index contributed by atoms with van der Waals surface area (Å²) in [5.74, 6) is 1.67. The highest BCUT2D eigenvalue weighted by atomic mass is 32.1. The molecule has 5 rings (SSSR count). The van der Waals surface area contributed by atoms with Crippen molar-refractivity contribution in [2.24, 2.45) is 5.92 Å². The second-order valence-electron chi connectivity index (χ2n) is 10.1. The van der Waals surface area contributed by atoms with Crippen molar-refractivity contribution in [1.82, 2.24) is 9.38 Å². The van der Waals surface area contributed by atoms with Crippen molar-refractivity contribution >= 4 is 28.4 Å². The average Bonchev–Trinajstić information content (AvgIpc) is 3.51. The van der Waals surface area contributed by atoms with E-state index in [0.29, 0.717) is 16.2 Å². The highest BCUT2D eigenvalue weighted by Crippen LogP contribution is 2.37. The highest BCUT2D eigenvalue weighted by molar-refractivity contribution is 7.15. The molecule has 1 fully saturated rings. The number of ether oxygens (including phenoxy) is 1. The lowest BCUT2D eigenvalue weighted by Gasteiger charge is -2.19. The van der Waals surface area contributed by atoms with Crippen LogP contribution in [0.4, 0.5) is 0 Å². The molecule has 1 saturated carbocycles. The Morgan fingerprint density at radius 2 is 1.88 bits per heavy atom. The quantitative estimate of drug-likeness (QED) is 0.309. The number of aromatic nitrogens is 2. The van der Waals surface area contributed by atoms with Gasteiger partial charge in [-0.05, 0) is 59.4 Å². The molecule has 0 N–H and O–H groups in total. The summed E-state index contributed by atoms with van der Waals surface area (Å²) in [7, 11) is 1.73. The Kier molecular flexibility index (Phi) is 5.90. The molecule has 0 saturated heterocycles. The van der Waals surface area contributed by atoms with Crippen LogP contribution < -0.4 is 10.3 Å². The fourth-order valence-corrected chi connectivity index (χ4v) is 5.07. The molecule has 0 bridgehead atoms. The summed E-state index contributed by atoms with van der Waals surface area (Å²) in [6.07, 6.45) is 9.45. The van der Waals surface area contributed by atoms with Gasteiger partial charge in [0.1, 0.15) is 5.75 Å². The molecule has 5 heteroatoms. The first kappa shape index (κ1) is 22.6. The number of hydrogen-bond acceptors (Lipinski definition) is 4. The van der Waals surface area contributed by atoms with Crippen molar-refractivity contribution in [3.8, 4) is 16.9 Å². The van der Waals surface area contributed by atoms with E-state index in [2.05, 4.69) is 45.0 Å². The Hall–Kier alpha value is -3.18. The minimum absolute atomic E-state index is 0.0433. The molecule has 0 amide bonds. The predicted molar refractivity (Wildman–Crippen MR) is 142 cm³/mol. The first-order valence-electron chi connectivity index (χ1n) is 11.8. The summed E-state index contributed by atoms with van der Waals surface area (Å²) in [5.41, 5.74) is 5.79. The van der Waals surface area contributed by atoms with Crippen molar-refractivity contribution in [3.63, 3.8) is 0 Å². The van der Waals surface area contributed by atoms with Crippen LogP contribution in [0.5, 0.6) is 5.75 Å². The van der Waals surface area contributed by atoms with Crippen molar-refractivity contribution in [2.45, 2.75) is 45.4 Å². The van der Waals surface area contributed by atoms with E-state index in [1.807, 2.05) is 35.7 Å². The third-order valence-electron chi connectivity index (χ3n) is 6.53. The van der Waals surface area contributed by atoms with Crippen molar-refractivity contribution in [2.75, 3.05) is 7.11 Å². The van der Waals surface area contributed by atoms with Crippen LogP contribution in [0, 0.1) is 5.92 Å². The predicted octanol–water partition coefficient (Wildman–Crippen LogP) is 6.85. The number of fused-ring (bicyclic) bond motifs is 1. The smallest absolute Gasteiger partial charge is 0.266 e. The summed E-state index contributed by atoms with van der Waals surface area (Å²) in [6.45, 7) is 6.58. The molecule has 2 heterocycles. The Bertz CT molecular complexity index is 1420. The van der Waals surface area contributed by atoms with E-state index < -0.39 is 0 Å². The van der Waals surface area contributed by atoms with Crippen LogP contribution in [0.2, 0.25) is 0 Å². The van der Waals surface area contributed by atoms with Gasteiger partial charge in [-0.15, -0.1) is 11.3 Å². The molecule has 1 aliphatic rings. The maximum absolute atomic E-state index is 13.5. The molecule has 0 aliphatic heterocycles. The summed E-state index contributed by atoms with van der Waals surface area (Å²) in [4.78, 5) is 19.1. The molecule has 2 aromatic heterocycles. The Labute approximate surface area is 204 Å². The zero-order valence-corrected chi connectivity index (χ0v) is 21.0. The second kappa shape index (κ2) is 8.88. The van der Waals surface area contributed by atoms with Gasteiger partial charge in [0.05, 0.1) is 18.4 Å². The van der Waals surface area contributed by atoms with Crippen molar-refractivity contribution < 1.29 is 4.74 Å². The van der Waals surface area contributed by atoms with Gasteiger partial charge in [-0.1, -0.05) is 63.2 Å². The lowest BCUT2D eigenvalue weighted by atomic mass is 9.86. The van der Waals surface area contributed by atoms with E-state index >= 15 is 0 Å². The number of benzene rings is 2. The van der Waals surface area contributed by atoms with Crippen molar-refractivity contribution in [1.29, 1.82) is 0 Å². The molecule has 34 heavy (non-hydrogen) atoms. The first-order valence-corrected chi connectivity index (χ1v) is 12.7. The molecule has 0 spiro atoms. The molecule has 1 aliphatic carbocycles. The molecular formula is C29H30N2O2S. The maximum Gasteiger partial charge on any atom is 0.266 e. The fraction of sp³-hybridized carbons (Fsp3) is 0.310. The van der Waals surface area contributed by atoms with E-state index in [4.69, 9.17) is 9.72 Å². The first-order chi connectivity index (χ1) is 16.3. The number of rotatable bonds is 6. The number of hydrogen-bond donors (Lipinski definition) is 0. The molecule has 174 valence electrons.